The van der Waals surface area contributed by atoms with Gasteiger partial charge >= 0.3 is 6.09 Å². The SMILES string of the molecule is O=C(O)N1CCN(C2CCN(CC3CC3)CC2)CC1. The number of nitrogens with zero attached hydrogens (tertiary/aromatic N) is 3. The zero-order chi connectivity index (χ0) is 13.2. The van der Waals surface area contributed by atoms with Gasteiger partial charge in [0.15, 0.2) is 0 Å². The van der Waals surface area contributed by atoms with E-state index in [2.05, 4.69) is 9.80 Å². The molecule has 0 aromatic rings. The summed E-state index contributed by atoms with van der Waals surface area (Å²) in [7, 11) is 0. The van der Waals surface area contributed by atoms with E-state index in [1.165, 1.54) is 45.3 Å². The largest absolute Gasteiger partial charge is 0.465 e. The minimum absolute atomic E-state index is 0.678. The molecule has 3 fully saturated rings. The maximum atomic E-state index is 10.9. The predicted octanol–water partition coefficient (Wildman–Crippen LogP) is 1.16. The van der Waals surface area contributed by atoms with Gasteiger partial charge < -0.3 is 14.9 Å². The van der Waals surface area contributed by atoms with Crippen molar-refractivity contribution < 1.29 is 9.90 Å². The highest BCUT2D eigenvalue weighted by atomic mass is 16.4. The molecule has 0 spiro atoms. The molecule has 19 heavy (non-hydrogen) atoms. The molecular formula is C14H25N3O2. The Bertz CT molecular complexity index is 317. The highest BCUT2D eigenvalue weighted by Crippen LogP contribution is 2.31. The van der Waals surface area contributed by atoms with Crippen LogP contribution in [0.3, 0.4) is 0 Å². The summed E-state index contributed by atoms with van der Waals surface area (Å²) in [4.78, 5) is 17.6. The molecule has 3 rings (SSSR count). The van der Waals surface area contributed by atoms with Gasteiger partial charge in [0.1, 0.15) is 0 Å². The van der Waals surface area contributed by atoms with Crippen molar-refractivity contribution in [3.05, 3.63) is 0 Å². The van der Waals surface area contributed by atoms with E-state index >= 15 is 0 Å². The molecule has 108 valence electrons. The zero-order valence-corrected chi connectivity index (χ0v) is 11.6. The van der Waals surface area contributed by atoms with Crippen LogP contribution in [0.5, 0.6) is 0 Å². The van der Waals surface area contributed by atoms with Crippen molar-refractivity contribution in [2.75, 3.05) is 45.8 Å². The van der Waals surface area contributed by atoms with Gasteiger partial charge in [-0.15, -0.1) is 0 Å². The summed E-state index contributed by atoms with van der Waals surface area (Å²) < 4.78 is 0. The van der Waals surface area contributed by atoms with Crippen LogP contribution in [0.15, 0.2) is 0 Å². The van der Waals surface area contributed by atoms with Crippen LogP contribution in [-0.4, -0.2) is 77.8 Å². The molecule has 0 unspecified atom stereocenters. The lowest BCUT2D eigenvalue weighted by atomic mass is 10.0. The van der Waals surface area contributed by atoms with Crippen LogP contribution in [0, 0.1) is 5.92 Å². The first-order chi connectivity index (χ1) is 9.22. The van der Waals surface area contributed by atoms with E-state index in [1.54, 1.807) is 4.90 Å². The van der Waals surface area contributed by atoms with E-state index in [1.807, 2.05) is 0 Å². The first-order valence-electron chi connectivity index (χ1n) is 7.66. The fourth-order valence-corrected chi connectivity index (χ4v) is 3.41. The monoisotopic (exact) mass is 267 g/mol. The number of piperidine rings is 1. The zero-order valence-electron chi connectivity index (χ0n) is 11.6. The van der Waals surface area contributed by atoms with E-state index in [0.717, 1.165) is 19.0 Å². The standard InChI is InChI=1S/C14H25N3O2/c18-14(19)17-9-7-16(8-10-17)13-3-5-15(6-4-13)11-12-1-2-12/h12-13H,1-11H2,(H,18,19). The Morgan fingerprint density at radius 2 is 1.58 bits per heavy atom. The Kier molecular flexibility index (Phi) is 3.93. The number of amides is 1. The van der Waals surface area contributed by atoms with Crippen LogP contribution in [-0.2, 0) is 0 Å². The Balaban J connectivity index is 1.40. The van der Waals surface area contributed by atoms with Crippen molar-refractivity contribution in [3.63, 3.8) is 0 Å². The van der Waals surface area contributed by atoms with Crippen molar-refractivity contribution in [2.45, 2.75) is 31.7 Å². The Labute approximate surface area is 115 Å². The maximum absolute atomic E-state index is 10.9. The highest BCUT2D eigenvalue weighted by Gasteiger charge is 2.30. The number of hydrogen-bond donors (Lipinski definition) is 1. The van der Waals surface area contributed by atoms with Crippen LogP contribution >= 0.6 is 0 Å². The second-order valence-corrected chi connectivity index (χ2v) is 6.28. The van der Waals surface area contributed by atoms with E-state index in [4.69, 9.17) is 5.11 Å². The van der Waals surface area contributed by atoms with Crippen LogP contribution in [0.25, 0.3) is 0 Å². The van der Waals surface area contributed by atoms with Gasteiger partial charge in [0, 0.05) is 38.8 Å². The topological polar surface area (TPSA) is 47.0 Å². The summed E-state index contributed by atoms with van der Waals surface area (Å²) in [6.45, 7) is 6.98. The van der Waals surface area contributed by atoms with Crippen molar-refractivity contribution in [2.24, 2.45) is 5.92 Å². The van der Waals surface area contributed by atoms with Crippen molar-refractivity contribution in [1.82, 2.24) is 14.7 Å². The molecule has 0 aromatic carbocycles. The summed E-state index contributed by atoms with van der Waals surface area (Å²) >= 11 is 0. The fourth-order valence-electron chi connectivity index (χ4n) is 3.41. The third-order valence-electron chi connectivity index (χ3n) is 4.87. The molecule has 0 atom stereocenters. The average Bonchev–Trinajstić information content (AvgIpc) is 3.24. The van der Waals surface area contributed by atoms with E-state index in [9.17, 15) is 4.79 Å². The van der Waals surface area contributed by atoms with Crippen molar-refractivity contribution in [3.8, 4) is 0 Å². The third kappa shape index (κ3) is 3.39. The number of rotatable bonds is 3. The third-order valence-corrected chi connectivity index (χ3v) is 4.87. The first kappa shape index (κ1) is 13.2. The van der Waals surface area contributed by atoms with Crippen molar-refractivity contribution in [1.29, 1.82) is 0 Å². The molecule has 2 aliphatic heterocycles. The second-order valence-electron chi connectivity index (χ2n) is 6.28. The van der Waals surface area contributed by atoms with Gasteiger partial charge in [-0.2, -0.15) is 0 Å². The molecule has 0 radical (unpaired) electrons. The van der Waals surface area contributed by atoms with Gasteiger partial charge in [0.05, 0.1) is 0 Å². The van der Waals surface area contributed by atoms with Crippen LogP contribution in [0.1, 0.15) is 25.7 Å². The van der Waals surface area contributed by atoms with Gasteiger partial charge in [-0.25, -0.2) is 4.79 Å². The van der Waals surface area contributed by atoms with Crippen molar-refractivity contribution >= 4 is 6.09 Å². The van der Waals surface area contributed by atoms with Gasteiger partial charge in [0.25, 0.3) is 0 Å². The average molecular weight is 267 g/mol. The number of carbonyl (C=O) groups is 1. The number of piperazine rings is 1. The summed E-state index contributed by atoms with van der Waals surface area (Å²) in [6, 6.07) is 0.686. The molecule has 3 aliphatic rings. The van der Waals surface area contributed by atoms with E-state index < -0.39 is 6.09 Å². The highest BCUT2D eigenvalue weighted by molar-refractivity contribution is 5.65. The molecule has 1 saturated carbocycles. The van der Waals surface area contributed by atoms with Gasteiger partial charge in [0.2, 0.25) is 0 Å². The Morgan fingerprint density at radius 3 is 2.11 bits per heavy atom. The van der Waals surface area contributed by atoms with Gasteiger partial charge in [-0.3, -0.25) is 4.90 Å². The summed E-state index contributed by atoms with van der Waals surface area (Å²) in [5, 5.41) is 8.96. The Hall–Kier alpha value is -0.810. The quantitative estimate of drug-likeness (QED) is 0.833. The van der Waals surface area contributed by atoms with Crippen LogP contribution in [0.2, 0.25) is 0 Å². The number of likely N-dealkylation sites (tertiary alicyclic amines) is 1. The number of carboxylic acid groups (broad SMARTS) is 1. The molecule has 5 heteroatoms. The van der Waals surface area contributed by atoms with Crippen LogP contribution in [0.4, 0.5) is 4.79 Å². The maximum Gasteiger partial charge on any atom is 0.407 e. The smallest absolute Gasteiger partial charge is 0.407 e. The van der Waals surface area contributed by atoms with E-state index in [-0.39, 0.29) is 0 Å². The lowest BCUT2D eigenvalue weighted by Crippen LogP contribution is -2.54. The van der Waals surface area contributed by atoms with Gasteiger partial charge in [-0.05, 0) is 44.7 Å². The minimum atomic E-state index is -0.765. The molecule has 2 saturated heterocycles. The molecular weight excluding hydrogens is 242 g/mol. The number of hydrogen-bond acceptors (Lipinski definition) is 3. The molecule has 1 amide bonds. The molecule has 0 bridgehead atoms. The molecule has 5 nitrogen and oxygen atoms in total. The molecule has 1 aliphatic carbocycles. The van der Waals surface area contributed by atoms with Crippen LogP contribution < -0.4 is 0 Å². The predicted molar refractivity (Wildman–Crippen MR) is 73.4 cm³/mol. The summed E-state index contributed by atoms with van der Waals surface area (Å²) in [5.74, 6) is 0.996. The summed E-state index contributed by atoms with van der Waals surface area (Å²) in [5.41, 5.74) is 0. The lowest BCUT2D eigenvalue weighted by molar-refractivity contribution is 0.0569. The fraction of sp³-hybridized carbons (Fsp3) is 0.929. The van der Waals surface area contributed by atoms with Gasteiger partial charge in [-0.1, -0.05) is 0 Å². The molecule has 1 N–H and O–H groups in total. The normalized spacial score (nSPS) is 27.7. The first-order valence-corrected chi connectivity index (χ1v) is 7.66. The Morgan fingerprint density at radius 1 is 0.947 bits per heavy atom. The second kappa shape index (κ2) is 5.67. The summed E-state index contributed by atoms with van der Waals surface area (Å²) in [6.07, 6.45) is 4.65. The minimum Gasteiger partial charge on any atom is -0.465 e. The van der Waals surface area contributed by atoms with E-state index in [0.29, 0.717) is 19.1 Å². The lowest BCUT2D eigenvalue weighted by Gasteiger charge is -2.42. The molecule has 0 aromatic heterocycles. The molecule has 2 heterocycles.